The minimum Gasteiger partial charge on any atom is -0.478 e. The summed E-state index contributed by atoms with van der Waals surface area (Å²) >= 11 is 0. The number of aliphatic hydroxyl groups excluding tert-OH is 1. The van der Waals surface area contributed by atoms with Crippen LogP contribution in [-0.4, -0.2) is 40.4 Å². The number of piperidine rings is 1. The van der Waals surface area contributed by atoms with Gasteiger partial charge in [0.25, 0.3) is 0 Å². The fourth-order valence-electron chi connectivity index (χ4n) is 3.77. The second kappa shape index (κ2) is 6.77. The number of carboxylic acids is 1. The Hall–Kier alpha value is -2.92. The number of aromatic carboxylic acids is 1. The van der Waals surface area contributed by atoms with Crippen LogP contribution in [0.15, 0.2) is 60.8 Å². The quantitative estimate of drug-likeness (QED) is 0.760. The summed E-state index contributed by atoms with van der Waals surface area (Å²) < 4.78 is 0. The van der Waals surface area contributed by atoms with Gasteiger partial charge in [0.1, 0.15) is 11.4 Å². The van der Waals surface area contributed by atoms with Crippen molar-refractivity contribution < 1.29 is 15.0 Å². The molecule has 4 rings (SSSR count). The van der Waals surface area contributed by atoms with Crippen LogP contribution in [0.2, 0.25) is 0 Å². The molecule has 1 aliphatic rings. The minimum atomic E-state index is -1.00. The lowest BCUT2D eigenvalue weighted by Crippen LogP contribution is -2.43. The fourth-order valence-corrected chi connectivity index (χ4v) is 3.77. The van der Waals surface area contributed by atoms with E-state index in [1.165, 1.54) is 5.39 Å². The first-order valence-electron chi connectivity index (χ1n) is 8.73. The average Bonchev–Trinajstić information content (AvgIpc) is 2.67. The zero-order chi connectivity index (χ0) is 18.1. The highest BCUT2D eigenvalue weighted by molar-refractivity contribution is 5.93. The number of carboxylic acid groups (broad SMARTS) is 1. The molecule has 0 radical (unpaired) electrons. The van der Waals surface area contributed by atoms with E-state index in [4.69, 9.17) is 0 Å². The van der Waals surface area contributed by atoms with Gasteiger partial charge in [0.05, 0.1) is 6.10 Å². The number of pyridine rings is 1. The van der Waals surface area contributed by atoms with Crippen molar-refractivity contribution in [1.82, 2.24) is 4.98 Å². The number of fused-ring (bicyclic) bond motifs is 1. The summed E-state index contributed by atoms with van der Waals surface area (Å²) in [6.07, 6.45) is 1.76. The highest BCUT2D eigenvalue weighted by atomic mass is 16.4. The van der Waals surface area contributed by atoms with Crippen LogP contribution in [0.3, 0.4) is 0 Å². The van der Waals surface area contributed by atoms with Crippen LogP contribution in [-0.2, 0) is 0 Å². The predicted molar refractivity (Wildman–Crippen MR) is 101 cm³/mol. The number of aliphatic hydroxyl groups is 1. The number of hydrogen-bond donors (Lipinski definition) is 2. The summed E-state index contributed by atoms with van der Waals surface area (Å²) in [7, 11) is 0. The molecular formula is C21H20N2O3. The number of hydrogen-bond acceptors (Lipinski definition) is 4. The molecule has 26 heavy (non-hydrogen) atoms. The Bertz CT molecular complexity index is 957. The van der Waals surface area contributed by atoms with Crippen molar-refractivity contribution in [3.05, 3.63) is 71.9 Å². The van der Waals surface area contributed by atoms with Gasteiger partial charge in [-0.1, -0.05) is 42.5 Å². The SMILES string of the molecule is O=C(O)c1cccnc1N1CC[C@@H](c2ccc3ccccc3c2)[C@H](O)C1. The first-order chi connectivity index (χ1) is 12.6. The molecule has 132 valence electrons. The Labute approximate surface area is 151 Å². The van der Waals surface area contributed by atoms with Crippen LogP contribution >= 0.6 is 0 Å². The molecule has 0 saturated carbocycles. The van der Waals surface area contributed by atoms with Gasteiger partial charge in [0.15, 0.2) is 0 Å². The summed E-state index contributed by atoms with van der Waals surface area (Å²) in [6.45, 7) is 1.03. The van der Waals surface area contributed by atoms with E-state index in [9.17, 15) is 15.0 Å². The fraction of sp³-hybridized carbons (Fsp3) is 0.238. The maximum Gasteiger partial charge on any atom is 0.339 e. The average molecular weight is 348 g/mol. The van der Waals surface area contributed by atoms with Gasteiger partial charge in [0.2, 0.25) is 0 Å². The number of aromatic nitrogens is 1. The van der Waals surface area contributed by atoms with E-state index in [0.29, 0.717) is 18.9 Å². The van der Waals surface area contributed by atoms with Gasteiger partial charge in [-0.15, -0.1) is 0 Å². The van der Waals surface area contributed by atoms with E-state index in [1.807, 2.05) is 17.0 Å². The van der Waals surface area contributed by atoms with Crippen molar-refractivity contribution in [2.45, 2.75) is 18.4 Å². The van der Waals surface area contributed by atoms with Gasteiger partial charge in [-0.3, -0.25) is 0 Å². The standard InChI is InChI=1S/C21H20N2O3/c24-19-13-23(20-18(21(25)26)6-3-10-22-20)11-9-17(19)16-8-7-14-4-1-2-5-15(14)12-16/h1-8,10,12,17,19,24H,9,11,13H2,(H,25,26)/t17-,19+/m0/s1. The van der Waals surface area contributed by atoms with Crippen molar-refractivity contribution in [3.8, 4) is 0 Å². The molecule has 1 fully saturated rings. The van der Waals surface area contributed by atoms with E-state index in [0.717, 1.165) is 17.4 Å². The monoisotopic (exact) mass is 348 g/mol. The van der Waals surface area contributed by atoms with Crippen molar-refractivity contribution in [2.75, 3.05) is 18.0 Å². The van der Waals surface area contributed by atoms with E-state index in [2.05, 4.69) is 35.3 Å². The Morgan fingerprint density at radius 2 is 1.88 bits per heavy atom. The molecule has 0 bridgehead atoms. The molecule has 2 heterocycles. The molecule has 0 unspecified atom stereocenters. The largest absolute Gasteiger partial charge is 0.478 e. The second-order valence-electron chi connectivity index (χ2n) is 6.69. The van der Waals surface area contributed by atoms with Gasteiger partial charge >= 0.3 is 5.97 Å². The second-order valence-corrected chi connectivity index (χ2v) is 6.69. The Balaban J connectivity index is 1.58. The van der Waals surface area contributed by atoms with Gasteiger partial charge in [-0.05, 0) is 34.9 Å². The number of rotatable bonds is 3. The lowest BCUT2D eigenvalue weighted by molar-refractivity contribution is 0.0696. The molecule has 1 aliphatic heterocycles. The molecule has 1 saturated heterocycles. The molecule has 5 heteroatoms. The Kier molecular flexibility index (Phi) is 4.31. The van der Waals surface area contributed by atoms with E-state index in [1.54, 1.807) is 18.3 Å². The first kappa shape index (κ1) is 16.5. The number of nitrogens with zero attached hydrogens (tertiary/aromatic N) is 2. The van der Waals surface area contributed by atoms with Gasteiger partial charge in [-0.2, -0.15) is 0 Å². The smallest absolute Gasteiger partial charge is 0.339 e. The molecule has 0 aliphatic carbocycles. The molecule has 5 nitrogen and oxygen atoms in total. The maximum atomic E-state index is 11.4. The summed E-state index contributed by atoms with van der Waals surface area (Å²) in [6, 6.07) is 17.7. The molecule has 2 aromatic carbocycles. The van der Waals surface area contributed by atoms with Gasteiger partial charge in [-0.25, -0.2) is 9.78 Å². The van der Waals surface area contributed by atoms with Crippen LogP contribution in [0.5, 0.6) is 0 Å². The topological polar surface area (TPSA) is 73.7 Å². The molecule has 3 aromatic rings. The zero-order valence-corrected chi connectivity index (χ0v) is 14.2. The predicted octanol–water partition coefficient (Wildman–Crippen LogP) is 3.29. The third-order valence-electron chi connectivity index (χ3n) is 5.10. The van der Waals surface area contributed by atoms with Crippen LogP contribution in [0.1, 0.15) is 28.3 Å². The molecule has 0 spiro atoms. The number of anilines is 1. The molecule has 0 amide bonds. The Morgan fingerprint density at radius 1 is 1.08 bits per heavy atom. The lowest BCUT2D eigenvalue weighted by Gasteiger charge is -2.37. The highest BCUT2D eigenvalue weighted by Gasteiger charge is 2.31. The van der Waals surface area contributed by atoms with E-state index < -0.39 is 12.1 Å². The number of benzene rings is 2. The summed E-state index contributed by atoms with van der Waals surface area (Å²) in [4.78, 5) is 17.5. The third-order valence-corrected chi connectivity index (χ3v) is 5.10. The van der Waals surface area contributed by atoms with Crippen molar-refractivity contribution in [1.29, 1.82) is 0 Å². The lowest BCUT2D eigenvalue weighted by atomic mass is 9.86. The summed E-state index contributed by atoms with van der Waals surface area (Å²) in [5.74, 6) is -0.539. The van der Waals surface area contributed by atoms with Crippen LogP contribution in [0, 0.1) is 0 Å². The number of β-amino-alcohol motifs (C(OH)–C–C–N with tert-alkyl or cyclic N) is 1. The van der Waals surface area contributed by atoms with E-state index >= 15 is 0 Å². The third kappa shape index (κ3) is 3.02. The Morgan fingerprint density at radius 3 is 2.65 bits per heavy atom. The minimum absolute atomic E-state index is 0.0350. The molecule has 2 atom stereocenters. The van der Waals surface area contributed by atoms with Crippen LogP contribution in [0.25, 0.3) is 10.8 Å². The summed E-state index contributed by atoms with van der Waals surface area (Å²) in [5, 5.41) is 22.4. The molecule has 2 N–H and O–H groups in total. The molecule has 1 aromatic heterocycles. The van der Waals surface area contributed by atoms with Gasteiger partial charge < -0.3 is 15.1 Å². The van der Waals surface area contributed by atoms with Crippen molar-refractivity contribution >= 4 is 22.6 Å². The normalized spacial score (nSPS) is 20.3. The first-order valence-corrected chi connectivity index (χ1v) is 8.73. The van der Waals surface area contributed by atoms with Crippen molar-refractivity contribution in [2.24, 2.45) is 0 Å². The van der Waals surface area contributed by atoms with Crippen LogP contribution < -0.4 is 4.90 Å². The summed E-state index contributed by atoms with van der Waals surface area (Å²) in [5.41, 5.74) is 1.29. The maximum absolute atomic E-state index is 11.4. The van der Waals surface area contributed by atoms with Gasteiger partial charge in [0, 0.05) is 25.2 Å². The van der Waals surface area contributed by atoms with Crippen LogP contribution in [0.4, 0.5) is 5.82 Å². The van der Waals surface area contributed by atoms with E-state index in [-0.39, 0.29) is 11.5 Å². The van der Waals surface area contributed by atoms with Crippen molar-refractivity contribution in [3.63, 3.8) is 0 Å². The highest BCUT2D eigenvalue weighted by Crippen LogP contribution is 2.32. The molecular weight excluding hydrogens is 328 g/mol. The zero-order valence-electron chi connectivity index (χ0n) is 14.2. The number of carbonyl (C=O) groups is 1.